The maximum absolute atomic E-state index is 13.9. The van der Waals surface area contributed by atoms with E-state index in [-0.39, 0.29) is 35.8 Å². The molecule has 1 aliphatic rings. The molecular weight excluding hydrogens is 473 g/mol. The molecule has 0 saturated heterocycles. The molecule has 0 unspecified atom stereocenters. The quantitative estimate of drug-likeness (QED) is 0.496. The van der Waals surface area contributed by atoms with Gasteiger partial charge in [0.2, 0.25) is 15.9 Å². The number of carbonyl (C=O) groups is 1. The molecule has 1 aromatic heterocycles. The molecule has 4 rings (SSSR count). The van der Waals surface area contributed by atoms with Crippen molar-refractivity contribution in [2.75, 3.05) is 6.54 Å². The first-order chi connectivity index (χ1) is 16.0. The van der Waals surface area contributed by atoms with Gasteiger partial charge in [0.1, 0.15) is 11.5 Å². The van der Waals surface area contributed by atoms with E-state index in [4.69, 9.17) is 10.9 Å². The molecule has 13 heteroatoms. The zero-order chi connectivity index (χ0) is 24.6. The lowest BCUT2D eigenvalue weighted by atomic mass is 10.0. The molecule has 9 nitrogen and oxygen atoms in total. The van der Waals surface area contributed by atoms with Crippen molar-refractivity contribution in [1.82, 2.24) is 19.9 Å². The molecule has 1 aliphatic heterocycles. The molecule has 0 aliphatic carbocycles. The van der Waals surface area contributed by atoms with Gasteiger partial charge in [-0.3, -0.25) is 4.79 Å². The average molecular weight is 494 g/mol. The summed E-state index contributed by atoms with van der Waals surface area (Å²) in [6, 6.07) is 6.22. The first-order valence-corrected chi connectivity index (χ1v) is 11.8. The van der Waals surface area contributed by atoms with Gasteiger partial charge in [-0.05, 0) is 30.2 Å². The molecular formula is C21H21F3N6O3S. The molecule has 2 aromatic carbocycles. The van der Waals surface area contributed by atoms with Crippen LogP contribution in [0.1, 0.15) is 17.7 Å². The van der Waals surface area contributed by atoms with E-state index in [1.165, 1.54) is 12.1 Å². The van der Waals surface area contributed by atoms with Crippen molar-refractivity contribution in [3.8, 4) is 11.3 Å². The molecule has 0 radical (unpaired) electrons. The Labute approximate surface area is 193 Å². The number of hydrogen-bond acceptors (Lipinski definition) is 6. The van der Waals surface area contributed by atoms with E-state index in [1.807, 2.05) is 0 Å². The largest absolute Gasteiger partial charge is 0.335 e. The third kappa shape index (κ3) is 4.95. The monoisotopic (exact) mass is 494 g/mol. The first kappa shape index (κ1) is 23.9. The Morgan fingerprint density at radius 3 is 2.41 bits per heavy atom. The summed E-state index contributed by atoms with van der Waals surface area (Å²) in [5.74, 6) is -3.69. The number of sulfonamides is 1. The predicted molar refractivity (Wildman–Crippen MR) is 115 cm³/mol. The fraction of sp³-hybridized carbons (Fsp3) is 0.286. The number of rotatable bonds is 6. The van der Waals surface area contributed by atoms with Crippen molar-refractivity contribution < 1.29 is 26.4 Å². The number of nitrogens with zero attached hydrogens (tertiary/aromatic N) is 4. The minimum Gasteiger partial charge on any atom is -0.335 e. The maximum atomic E-state index is 13.9. The van der Waals surface area contributed by atoms with Crippen molar-refractivity contribution >= 4 is 15.9 Å². The van der Waals surface area contributed by atoms with Gasteiger partial charge in [0.25, 0.3) is 0 Å². The van der Waals surface area contributed by atoms with Gasteiger partial charge in [0, 0.05) is 30.6 Å². The van der Waals surface area contributed by atoms with Crippen LogP contribution < -0.4 is 10.9 Å². The Balaban J connectivity index is 1.45. The summed E-state index contributed by atoms with van der Waals surface area (Å²) in [6.07, 6.45) is -0.262. The average Bonchev–Trinajstić information content (AvgIpc) is 3.20. The molecule has 2 heterocycles. The Bertz CT molecular complexity index is 1340. The van der Waals surface area contributed by atoms with Crippen LogP contribution in [0.25, 0.3) is 11.3 Å². The molecule has 1 atom stereocenters. The smallest absolute Gasteiger partial charge is 0.238 e. The summed E-state index contributed by atoms with van der Waals surface area (Å²) in [5, 5.41) is 13.4. The summed E-state index contributed by atoms with van der Waals surface area (Å²) < 4.78 is 65.0. The molecule has 1 amide bonds. The minimum atomic E-state index is -3.84. The highest BCUT2D eigenvalue weighted by Crippen LogP contribution is 2.26. The van der Waals surface area contributed by atoms with Crippen LogP contribution in [-0.2, 0) is 34.3 Å². The Kier molecular flexibility index (Phi) is 6.43. The second-order valence-electron chi connectivity index (χ2n) is 8.02. The minimum absolute atomic E-state index is 0.0412. The van der Waals surface area contributed by atoms with Crippen molar-refractivity contribution in [3.05, 3.63) is 65.1 Å². The van der Waals surface area contributed by atoms with Gasteiger partial charge in [0.15, 0.2) is 11.6 Å². The molecule has 0 spiro atoms. The number of primary sulfonamides is 1. The van der Waals surface area contributed by atoms with Crippen LogP contribution in [0, 0.1) is 17.5 Å². The van der Waals surface area contributed by atoms with E-state index in [2.05, 4.69) is 10.3 Å². The molecule has 0 bridgehead atoms. The third-order valence-corrected chi connectivity index (χ3v) is 6.51. The van der Waals surface area contributed by atoms with E-state index in [1.54, 1.807) is 21.7 Å². The highest BCUT2D eigenvalue weighted by molar-refractivity contribution is 7.89. The zero-order valence-electron chi connectivity index (χ0n) is 17.8. The number of carbonyl (C=O) groups excluding carboxylic acids is 1. The van der Waals surface area contributed by atoms with E-state index in [9.17, 15) is 26.4 Å². The number of benzene rings is 2. The van der Waals surface area contributed by atoms with E-state index in [0.717, 1.165) is 6.07 Å². The molecule has 4 N–H and O–H groups in total. The van der Waals surface area contributed by atoms with Crippen LogP contribution in [0.15, 0.2) is 41.3 Å². The lowest BCUT2D eigenvalue weighted by Crippen LogP contribution is -2.41. The maximum Gasteiger partial charge on any atom is 0.238 e. The molecule has 0 fully saturated rings. The number of aromatic nitrogens is 3. The second-order valence-corrected chi connectivity index (χ2v) is 9.58. The van der Waals surface area contributed by atoms with E-state index >= 15 is 0 Å². The fourth-order valence-electron chi connectivity index (χ4n) is 3.81. The third-order valence-electron chi connectivity index (χ3n) is 5.58. The Morgan fingerprint density at radius 2 is 1.74 bits per heavy atom. The number of hydrogen-bond donors (Lipinski definition) is 2. The lowest BCUT2D eigenvalue weighted by molar-refractivity contribution is -0.133. The highest BCUT2D eigenvalue weighted by atomic mass is 32.2. The van der Waals surface area contributed by atoms with Crippen molar-refractivity contribution in [3.63, 3.8) is 0 Å². The van der Waals surface area contributed by atoms with Gasteiger partial charge in [-0.1, -0.05) is 17.3 Å². The summed E-state index contributed by atoms with van der Waals surface area (Å²) in [7, 11) is -3.84. The van der Waals surface area contributed by atoms with Crippen molar-refractivity contribution in [1.29, 1.82) is 0 Å². The topological polar surface area (TPSA) is 137 Å². The standard InChI is InChI=1S/C21H21F3N6O3S/c22-16-10-18(24)17(23)8-13(16)7-14(25)9-20(31)29-5-6-30-19(11-29)21(27-28-30)12-1-3-15(4-2-12)34(26,32)33/h1-4,8,10,14H,5-7,9,11,25H2,(H2,26,32,33)/t14-/m1/s1. The second kappa shape index (κ2) is 9.16. The molecule has 3 aromatic rings. The fourth-order valence-corrected chi connectivity index (χ4v) is 4.33. The first-order valence-electron chi connectivity index (χ1n) is 10.3. The number of halogens is 3. The summed E-state index contributed by atoms with van der Waals surface area (Å²) >= 11 is 0. The van der Waals surface area contributed by atoms with Crippen molar-refractivity contribution in [2.45, 2.75) is 36.9 Å². The number of nitrogens with two attached hydrogens (primary N) is 2. The number of fused-ring (bicyclic) bond motifs is 1. The molecule has 180 valence electrons. The van der Waals surface area contributed by atoms with Crippen LogP contribution in [0.3, 0.4) is 0 Å². The van der Waals surface area contributed by atoms with E-state index < -0.39 is 33.5 Å². The predicted octanol–water partition coefficient (Wildman–Crippen LogP) is 1.31. The van der Waals surface area contributed by atoms with Crippen LogP contribution in [0.2, 0.25) is 0 Å². The Hall–Kier alpha value is -3.29. The lowest BCUT2D eigenvalue weighted by Gasteiger charge is -2.28. The van der Waals surface area contributed by atoms with Crippen LogP contribution in [0.4, 0.5) is 13.2 Å². The van der Waals surface area contributed by atoms with Gasteiger partial charge >= 0.3 is 0 Å². The summed E-state index contributed by atoms with van der Waals surface area (Å²) in [4.78, 5) is 14.3. The van der Waals surface area contributed by atoms with Gasteiger partial charge in [-0.15, -0.1) is 5.10 Å². The van der Waals surface area contributed by atoms with Gasteiger partial charge in [-0.25, -0.2) is 31.4 Å². The number of amides is 1. The van der Waals surface area contributed by atoms with Gasteiger partial charge in [-0.2, -0.15) is 0 Å². The van der Waals surface area contributed by atoms with Crippen molar-refractivity contribution in [2.24, 2.45) is 10.9 Å². The molecule has 0 saturated carbocycles. The highest BCUT2D eigenvalue weighted by Gasteiger charge is 2.27. The molecule has 34 heavy (non-hydrogen) atoms. The van der Waals surface area contributed by atoms with Gasteiger partial charge in [0.05, 0.1) is 23.7 Å². The van der Waals surface area contributed by atoms with Crippen LogP contribution in [0.5, 0.6) is 0 Å². The summed E-state index contributed by atoms with van der Waals surface area (Å²) in [5.41, 5.74) is 7.64. The SMILES string of the molecule is N[C@@H](CC(=O)N1CCn2nnc(-c3ccc(S(N)(=O)=O)cc3)c2C1)Cc1cc(F)c(F)cc1F. The normalized spacial score (nSPS) is 14.7. The zero-order valence-corrected chi connectivity index (χ0v) is 18.6. The van der Waals surface area contributed by atoms with E-state index in [0.29, 0.717) is 36.1 Å². The Morgan fingerprint density at radius 1 is 1.06 bits per heavy atom. The van der Waals surface area contributed by atoms with Crippen LogP contribution in [-0.4, -0.2) is 46.8 Å². The summed E-state index contributed by atoms with van der Waals surface area (Å²) in [6.45, 7) is 0.923. The van der Waals surface area contributed by atoms with Crippen LogP contribution >= 0.6 is 0 Å². The van der Waals surface area contributed by atoms with Gasteiger partial charge < -0.3 is 10.6 Å².